The Hall–Kier alpha value is -2.44. The normalized spacial score (nSPS) is 9.95. The van der Waals surface area contributed by atoms with Crippen LogP contribution < -0.4 is 14.2 Å². The molecule has 0 aliphatic heterocycles. The third-order valence-electron chi connectivity index (χ3n) is 2.64. The summed E-state index contributed by atoms with van der Waals surface area (Å²) in [5.74, 6) is -1.49. The van der Waals surface area contributed by atoms with E-state index in [2.05, 4.69) is 0 Å². The Morgan fingerprint density at radius 2 is 1.20 bits per heavy atom. The Kier molecular flexibility index (Phi) is 5.19. The summed E-state index contributed by atoms with van der Waals surface area (Å²) in [6.45, 7) is 0. The van der Waals surface area contributed by atoms with Crippen LogP contribution in [0.25, 0.3) is 0 Å². The number of rotatable bonds is 7. The minimum atomic E-state index is -1.06. The van der Waals surface area contributed by atoms with Crippen LogP contribution in [-0.2, 0) is 22.4 Å². The van der Waals surface area contributed by atoms with Gasteiger partial charge in [0, 0.05) is 11.1 Å². The lowest BCUT2D eigenvalue weighted by atomic mass is 10.0. The minimum absolute atomic E-state index is 0.185. The van der Waals surface area contributed by atoms with Crippen molar-refractivity contribution >= 4 is 11.9 Å². The number of carboxylic acids is 2. The van der Waals surface area contributed by atoms with Crippen molar-refractivity contribution in [2.75, 3.05) is 21.3 Å². The van der Waals surface area contributed by atoms with Gasteiger partial charge >= 0.3 is 11.9 Å². The van der Waals surface area contributed by atoms with Gasteiger partial charge in [0.1, 0.15) is 0 Å². The lowest BCUT2D eigenvalue weighted by Gasteiger charge is -2.18. The first-order valence-corrected chi connectivity index (χ1v) is 5.68. The van der Waals surface area contributed by atoms with Gasteiger partial charge in [-0.2, -0.15) is 0 Å². The predicted molar refractivity (Wildman–Crippen MR) is 68.8 cm³/mol. The standard InChI is InChI=1S/C13H16O7/c1-18-11-7(5-9(14)15)4-8(6-10(16)17)12(19-2)13(11)20-3/h4H,5-6H2,1-3H3,(H,14,15)(H,16,17). The number of aliphatic carboxylic acids is 2. The molecule has 0 radical (unpaired) electrons. The topological polar surface area (TPSA) is 102 Å². The maximum atomic E-state index is 10.9. The van der Waals surface area contributed by atoms with Crippen molar-refractivity contribution in [3.8, 4) is 17.2 Å². The van der Waals surface area contributed by atoms with Crippen molar-refractivity contribution in [3.63, 3.8) is 0 Å². The van der Waals surface area contributed by atoms with Crippen LogP contribution in [0.1, 0.15) is 11.1 Å². The first kappa shape index (κ1) is 15.6. The van der Waals surface area contributed by atoms with Gasteiger partial charge < -0.3 is 24.4 Å². The van der Waals surface area contributed by atoms with Gasteiger partial charge in [-0.25, -0.2) is 0 Å². The van der Waals surface area contributed by atoms with Gasteiger partial charge in [0.15, 0.2) is 11.5 Å². The van der Waals surface area contributed by atoms with Crippen LogP contribution >= 0.6 is 0 Å². The van der Waals surface area contributed by atoms with Gasteiger partial charge in [-0.3, -0.25) is 9.59 Å². The SMILES string of the molecule is COc1c(CC(=O)O)cc(CC(=O)O)c(OC)c1OC. The maximum Gasteiger partial charge on any atom is 0.307 e. The first-order valence-electron chi connectivity index (χ1n) is 5.68. The Labute approximate surface area is 115 Å². The van der Waals surface area contributed by atoms with E-state index >= 15 is 0 Å². The van der Waals surface area contributed by atoms with E-state index in [4.69, 9.17) is 24.4 Å². The Bertz CT molecular complexity index is 480. The van der Waals surface area contributed by atoms with Crippen LogP contribution in [0.15, 0.2) is 6.07 Å². The number of methoxy groups -OCH3 is 3. The summed E-state index contributed by atoms with van der Waals surface area (Å²) in [6.07, 6.45) is -0.619. The lowest BCUT2D eigenvalue weighted by Crippen LogP contribution is -2.09. The van der Waals surface area contributed by atoms with E-state index in [1.165, 1.54) is 27.4 Å². The summed E-state index contributed by atoms with van der Waals surface area (Å²) in [7, 11) is 4.12. The minimum Gasteiger partial charge on any atom is -0.492 e. The molecule has 0 saturated heterocycles. The molecule has 0 unspecified atom stereocenters. The number of ether oxygens (including phenoxy) is 3. The molecule has 0 aromatic heterocycles. The summed E-state index contributed by atoms with van der Waals surface area (Å²) in [5, 5.41) is 17.8. The van der Waals surface area contributed by atoms with Gasteiger partial charge in [-0.1, -0.05) is 0 Å². The quantitative estimate of drug-likeness (QED) is 0.769. The molecule has 7 heteroatoms. The zero-order valence-corrected chi connectivity index (χ0v) is 11.4. The van der Waals surface area contributed by atoms with Crippen LogP contribution in [0.4, 0.5) is 0 Å². The van der Waals surface area contributed by atoms with Crippen LogP contribution in [-0.4, -0.2) is 43.5 Å². The number of carboxylic acid groups (broad SMARTS) is 2. The van der Waals surface area contributed by atoms with E-state index in [0.717, 1.165) is 0 Å². The lowest BCUT2D eigenvalue weighted by molar-refractivity contribution is -0.137. The molecule has 1 aromatic rings. The highest BCUT2D eigenvalue weighted by molar-refractivity contribution is 5.76. The van der Waals surface area contributed by atoms with E-state index in [1.807, 2.05) is 0 Å². The van der Waals surface area contributed by atoms with Gasteiger partial charge in [0.05, 0.1) is 34.2 Å². The largest absolute Gasteiger partial charge is 0.492 e. The van der Waals surface area contributed by atoms with Gasteiger partial charge in [-0.05, 0) is 6.07 Å². The van der Waals surface area contributed by atoms with Crippen molar-refractivity contribution in [1.82, 2.24) is 0 Å². The summed E-state index contributed by atoms with van der Waals surface area (Å²) < 4.78 is 15.5. The van der Waals surface area contributed by atoms with Crippen LogP contribution in [0, 0.1) is 0 Å². The Morgan fingerprint density at radius 3 is 1.45 bits per heavy atom. The van der Waals surface area contributed by atoms with E-state index in [9.17, 15) is 9.59 Å². The fourth-order valence-electron chi connectivity index (χ4n) is 1.96. The maximum absolute atomic E-state index is 10.9. The molecule has 1 rings (SSSR count). The van der Waals surface area contributed by atoms with Crippen molar-refractivity contribution in [1.29, 1.82) is 0 Å². The predicted octanol–water partition coefficient (Wildman–Crippen LogP) is 0.967. The molecule has 0 fully saturated rings. The van der Waals surface area contributed by atoms with Crippen molar-refractivity contribution < 1.29 is 34.0 Å². The molecular formula is C13H16O7. The highest BCUT2D eigenvalue weighted by Gasteiger charge is 2.23. The molecule has 0 aliphatic carbocycles. The summed E-state index contributed by atoms with van der Waals surface area (Å²) in [6, 6.07) is 1.45. The van der Waals surface area contributed by atoms with E-state index in [-0.39, 0.29) is 30.1 Å². The zero-order chi connectivity index (χ0) is 15.3. The van der Waals surface area contributed by atoms with Crippen LogP contribution in [0.5, 0.6) is 17.2 Å². The smallest absolute Gasteiger partial charge is 0.307 e. The average Bonchev–Trinajstić information content (AvgIpc) is 2.36. The summed E-state index contributed by atoms with van der Waals surface area (Å²) >= 11 is 0. The average molecular weight is 284 g/mol. The molecule has 0 saturated carbocycles. The van der Waals surface area contributed by atoms with Crippen molar-refractivity contribution in [2.45, 2.75) is 12.8 Å². The summed E-state index contributed by atoms with van der Waals surface area (Å²) in [5.41, 5.74) is 0.655. The highest BCUT2D eigenvalue weighted by Crippen LogP contribution is 2.43. The molecule has 0 heterocycles. The second kappa shape index (κ2) is 6.65. The third-order valence-corrected chi connectivity index (χ3v) is 2.64. The second-order valence-corrected chi connectivity index (χ2v) is 3.94. The van der Waals surface area contributed by atoms with Crippen molar-refractivity contribution in [3.05, 3.63) is 17.2 Å². The monoisotopic (exact) mass is 284 g/mol. The molecule has 7 nitrogen and oxygen atoms in total. The van der Waals surface area contributed by atoms with Gasteiger partial charge in [-0.15, -0.1) is 0 Å². The van der Waals surface area contributed by atoms with Crippen LogP contribution in [0.2, 0.25) is 0 Å². The van der Waals surface area contributed by atoms with Gasteiger partial charge in [0.25, 0.3) is 0 Å². The Balaban J connectivity index is 3.51. The molecule has 20 heavy (non-hydrogen) atoms. The fraction of sp³-hybridized carbons (Fsp3) is 0.385. The number of carbonyl (C=O) groups is 2. The molecule has 110 valence electrons. The molecule has 0 atom stereocenters. The molecular weight excluding hydrogens is 268 g/mol. The molecule has 1 aromatic carbocycles. The molecule has 0 bridgehead atoms. The number of hydrogen-bond donors (Lipinski definition) is 2. The third kappa shape index (κ3) is 3.31. The number of hydrogen-bond acceptors (Lipinski definition) is 5. The molecule has 0 spiro atoms. The Morgan fingerprint density at radius 1 is 0.850 bits per heavy atom. The highest BCUT2D eigenvalue weighted by atomic mass is 16.5. The van der Waals surface area contributed by atoms with Crippen molar-refractivity contribution in [2.24, 2.45) is 0 Å². The molecule has 0 aliphatic rings. The van der Waals surface area contributed by atoms with E-state index < -0.39 is 11.9 Å². The molecule has 2 N–H and O–H groups in total. The molecule has 0 amide bonds. The zero-order valence-electron chi connectivity index (χ0n) is 11.4. The van der Waals surface area contributed by atoms with E-state index in [0.29, 0.717) is 11.1 Å². The second-order valence-electron chi connectivity index (χ2n) is 3.94. The van der Waals surface area contributed by atoms with Crippen LogP contribution in [0.3, 0.4) is 0 Å². The van der Waals surface area contributed by atoms with E-state index in [1.54, 1.807) is 0 Å². The van der Waals surface area contributed by atoms with Gasteiger partial charge in [0.2, 0.25) is 5.75 Å². The first-order chi connectivity index (χ1) is 9.44. The number of benzene rings is 1. The summed E-state index contributed by atoms with van der Waals surface area (Å²) in [4.78, 5) is 21.8. The fourth-order valence-corrected chi connectivity index (χ4v) is 1.96.